The fourth-order valence-corrected chi connectivity index (χ4v) is 4.10. The molecule has 4 rings (SSSR count). The topological polar surface area (TPSA) is 43.8 Å². The second kappa shape index (κ2) is 9.59. The quantitative estimate of drug-likeness (QED) is 0.635. The molecule has 2 saturated heterocycles. The zero-order valence-electron chi connectivity index (χ0n) is 17.3. The monoisotopic (exact) mass is 389 g/mol. The first kappa shape index (κ1) is 19.5. The van der Waals surface area contributed by atoms with E-state index < -0.39 is 0 Å². The number of benzene rings is 1. The van der Waals surface area contributed by atoms with Crippen molar-refractivity contribution < 1.29 is 0 Å². The lowest BCUT2D eigenvalue weighted by Crippen LogP contribution is -2.44. The minimum absolute atomic E-state index is 0.753. The van der Waals surface area contributed by atoms with Gasteiger partial charge in [-0.15, -0.1) is 0 Å². The van der Waals surface area contributed by atoms with E-state index in [0.29, 0.717) is 0 Å². The Labute approximate surface area is 174 Å². The SMILES string of the molecule is CN=C(NCc1ccc(N2CCCC2)nc1)N1CCC(=Cc2ccccc2)CC1. The highest BCUT2D eigenvalue weighted by Gasteiger charge is 2.17. The first-order chi connectivity index (χ1) is 14.3. The molecule has 0 radical (unpaired) electrons. The van der Waals surface area contributed by atoms with Crippen LogP contribution in [-0.2, 0) is 6.54 Å². The molecule has 0 bridgehead atoms. The molecule has 1 aromatic carbocycles. The maximum Gasteiger partial charge on any atom is 0.193 e. The van der Waals surface area contributed by atoms with E-state index in [1.807, 2.05) is 13.2 Å². The minimum Gasteiger partial charge on any atom is -0.357 e. The molecule has 0 saturated carbocycles. The van der Waals surface area contributed by atoms with Crippen LogP contribution in [0.4, 0.5) is 5.82 Å². The number of nitrogens with zero attached hydrogens (tertiary/aromatic N) is 4. The van der Waals surface area contributed by atoms with E-state index in [1.54, 1.807) is 0 Å². The molecule has 0 amide bonds. The van der Waals surface area contributed by atoms with Gasteiger partial charge in [0.15, 0.2) is 5.96 Å². The Kier molecular flexibility index (Phi) is 6.45. The van der Waals surface area contributed by atoms with Gasteiger partial charge in [0.2, 0.25) is 0 Å². The zero-order chi connectivity index (χ0) is 19.9. The molecule has 29 heavy (non-hydrogen) atoms. The number of likely N-dealkylation sites (tertiary alicyclic amines) is 1. The van der Waals surface area contributed by atoms with Crippen molar-refractivity contribution in [3.05, 3.63) is 65.4 Å². The molecule has 2 aliphatic heterocycles. The van der Waals surface area contributed by atoms with Gasteiger partial charge in [-0.1, -0.05) is 48.0 Å². The average Bonchev–Trinajstić information content (AvgIpc) is 3.31. The van der Waals surface area contributed by atoms with Crippen molar-refractivity contribution in [3.8, 4) is 0 Å². The summed E-state index contributed by atoms with van der Waals surface area (Å²) in [6.45, 7) is 5.03. The number of hydrogen-bond donors (Lipinski definition) is 1. The highest BCUT2D eigenvalue weighted by atomic mass is 15.3. The highest BCUT2D eigenvalue weighted by molar-refractivity contribution is 5.80. The average molecular weight is 390 g/mol. The Morgan fingerprint density at radius 1 is 1.03 bits per heavy atom. The van der Waals surface area contributed by atoms with Gasteiger partial charge in [0.1, 0.15) is 5.82 Å². The van der Waals surface area contributed by atoms with Crippen molar-refractivity contribution in [2.24, 2.45) is 4.99 Å². The van der Waals surface area contributed by atoms with Gasteiger partial charge in [-0.2, -0.15) is 0 Å². The largest absolute Gasteiger partial charge is 0.357 e. The third-order valence-electron chi connectivity index (χ3n) is 5.78. The summed E-state index contributed by atoms with van der Waals surface area (Å²) in [7, 11) is 1.87. The van der Waals surface area contributed by atoms with Crippen LogP contribution in [0.3, 0.4) is 0 Å². The fraction of sp³-hybridized carbons (Fsp3) is 0.417. The van der Waals surface area contributed by atoms with Crippen LogP contribution in [0.25, 0.3) is 6.08 Å². The predicted molar refractivity (Wildman–Crippen MR) is 121 cm³/mol. The molecule has 0 unspecified atom stereocenters. The number of guanidine groups is 1. The molecular weight excluding hydrogens is 358 g/mol. The number of nitrogens with one attached hydrogen (secondary N) is 1. The Bertz CT molecular complexity index is 825. The predicted octanol–water partition coefficient (Wildman–Crippen LogP) is 3.94. The van der Waals surface area contributed by atoms with Crippen molar-refractivity contribution in [2.45, 2.75) is 32.2 Å². The van der Waals surface area contributed by atoms with Crippen LogP contribution >= 0.6 is 0 Å². The molecule has 2 fully saturated rings. The minimum atomic E-state index is 0.753. The third-order valence-corrected chi connectivity index (χ3v) is 5.78. The van der Waals surface area contributed by atoms with E-state index >= 15 is 0 Å². The smallest absolute Gasteiger partial charge is 0.193 e. The normalized spacial score (nSPS) is 17.6. The maximum atomic E-state index is 4.65. The number of rotatable bonds is 4. The molecular formula is C24H31N5. The van der Waals surface area contributed by atoms with Crippen LogP contribution in [0.1, 0.15) is 36.8 Å². The standard InChI is InChI=1S/C24H31N5/c1-25-24(27-19-22-9-10-23(26-18-22)28-13-5-6-14-28)29-15-11-21(12-16-29)17-20-7-3-2-4-8-20/h2-4,7-10,17-18H,5-6,11-16,19H2,1H3,(H,25,27). The first-order valence-corrected chi connectivity index (χ1v) is 10.7. The van der Waals surface area contributed by atoms with Gasteiger partial charge in [0.25, 0.3) is 0 Å². The van der Waals surface area contributed by atoms with Gasteiger partial charge >= 0.3 is 0 Å². The van der Waals surface area contributed by atoms with Gasteiger partial charge in [0.05, 0.1) is 0 Å². The summed E-state index contributed by atoms with van der Waals surface area (Å²) < 4.78 is 0. The third kappa shape index (κ3) is 5.17. The van der Waals surface area contributed by atoms with Crippen molar-refractivity contribution in [3.63, 3.8) is 0 Å². The van der Waals surface area contributed by atoms with E-state index in [9.17, 15) is 0 Å². The van der Waals surface area contributed by atoms with E-state index in [2.05, 4.69) is 73.6 Å². The molecule has 2 aliphatic rings. The van der Waals surface area contributed by atoms with Gasteiger partial charge in [-0.3, -0.25) is 4.99 Å². The summed E-state index contributed by atoms with van der Waals surface area (Å²) in [4.78, 5) is 13.9. The molecule has 5 heteroatoms. The van der Waals surface area contributed by atoms with Crippen LogP contribution in [0.15, 0.2) is 59.2 Å². The van der Waals surface area contributed by atoms with E-state index in [0.717, 1.165) is 57.3 Å². The van der Waals surface area contributed by atoms with Gasteiger partial charge in [-0.05, 0) is 42.9 Å². The number of piperidine rings is 1. The van der Waals surface area contributed by atoms with Crippen molar-refractivity contribution in [2.75, 3.05) is 38.1 Å². The van der Waals surface area contributed by atoms with Crippen LogP contribution in [0, 0.1) is 0 Å². The summed E-state index contributed by atoms with van der Waals surface area (Å²) >= 11 is 0. The molecule has 1 aromatic heterocycles. The second-order valence-electron chi connectivity index (χ2n) is 7.82. The lowest BCUT2D eigenvalue weighted by Gasteiger charge is -2.31. The van der Waals surface area contributed by atoms with Crippen molar-refractivity contribution in [1.29, 1.82) is 0 Å². The molecule has 1 N–H and O–H groups in total. The Morgan fingerprint density at radius 3 is 2.45 bits per heavy atom. The molecule has 3 heterocycles. The second-order valence-corrected chi connectivity index (χ2v) is 7.82. The molecule has 5 nitrogen and oxygen atoms in total. The maximum absolute atomic E-state index is 4.65. The van der Waals surface area contributed by atoms with Gasteiger partial charge in [-0.25, -0.2) is 4.98 Å². The van der Waals surface area contributed by atoms with E-state index in [4.69, 9.17) is 0 Å². The summed E-state index contributed by atoms with van der Waals surface area (Å²) in [6.07, 6.45) is 9.05. The van der Waals surface area contributed by atoms with E-state index in [-0.39, 0.29) is 0 Å². The summed E-state index contributed by atoms with van der Waals surface area (Å²) in [5.74, 6) is 2.08. The highest BCUT2D eigenvalue weighted by Crippen LogP contribution is 2.20. The Hall–Kier alpha value is -2.82. The number of pyridine rings is 1. The summed E-state index contributed by atoms with van der Waals surface area (Å²) in [6, 6.07) is 14.9. The Balaban J connectivity index is 1.28. The molecule has 0 spiro atoms. The van der Waals surface area contributed by atoms with Gasteiger partial charge in [0, 0.05) is 46.0 Å². The number of anilines is 1. The molecule has 2 aromatic rings. The molecule has 0 aliphatic carbocycles. The van der Waals surface area contributed by atoms with Crippen molar-refractivity contribution in [1.82, 2.24) is 15.2 Å². The van der Waals surface area contributed by atoms with Crippen LogP contribution < -0.4 is 10.2 Å². The van der Waals surface area contributed by atoms with Gasteiger partial charge < -0.3 is 15.1 Å². The molecule has 152 valence electrons. The van der Waals surface area contributed by atoms with Crippen LogP contribution in [0.2, 0.25) is 0 Å². The first-order valence-electron chi connectivity index (χ1n) is 10.7. The lowest BCUT2D eigenvalue weighted by atomic mass is 10.0. The number of hydrogen-bond acceptors (Lipinski definition) is 3. The molecule has 0 atom stereocenters. The van der Waals surface area contributed by atoms with Crippen molar-refractivity contribution >= 4 is 17.9 Å². The zero-order valence-corrected chi connectivity index (χ0v) is 17.3. The van der Waals surface area contributed by atoms with Crippen LogP contribution in [-0.4, -0.2) is 49.1 Å². The number of aromatic nitrogens is 1. The fourth-order valence-electron chi connectivity index (χ4n) is 4.10. The lowest BCUT2D eigenvalue weighted by molar-refractivity contribution is 0.375. The van der Waals surface area contributed by atoms with E-state index in [1.165, 1.54) is 29.5 Å². The Morgan fingerprint density at radius 2 is 1.79 bits per heavy atom. The summed E-state index contributed by atoms with van der Waals surface area (Å²) in [5, 5.41) is 3.51. The van der Waals surface area contributed by atoms with Crippen LogP contribution in [0.5, 0.6) is 0 Å². The summed E-state index contributed by atoms with van der Waals surface area (Å²) in [5.41, 5.74) is 4.00. The number of aliphatic imine (C=N–C) groups is 1.